The van der Waals surface area contributed by atoms with Gasteiger partial charge in [-0.05, 0) is 47.2 Å². The third-order valence-electron chi connectivity index (χ3n) is 4.48. The van der Waals surface area contributed by atoms with Crippen LogP contribution in [0, 0.1) is 11.3 Å². The molecule has 0 aliphatic heterocycles. The molecule has 2 rings (SSSR count). The zero-order valence-electron chi connectivity index (χ0n) is 17.8. The summed E-state index contributed by atoms with van der Waals surface area (Å²) in [6.45, 7) is 7.35. The normalized spacial score (nSPS) is 10.7. The lowest BCUT2D eigenvalue weighted by molar-refractivity contribution is -0.121. The zero-order chi connectivity index (χ0) is 22.0. The summed E-state index contributed by atoms with van der Waals surface area (Å²) < 4.78 is 5.72. The molecule has 0 spiro atoms. The highest BCUT2D eigenvalue weighted by Gasteiger charge is 2.13. The van der Waals surface area contributed by atoms with Crippen molar-refractivity contribution < 1.29 is 14.3 Å². The number of hydrogen-bond acceptors (Lipinski definition) is 4. The molecule has 0 aromatic heterocycles. The average molecular weight is 408 g/mol. The summed E-state index contributed by atoms with van der Waals surface area (Å²) >= 11 is 0. The van der Waals surface area contributed by atoms with Crippen LogP contribution in [0.1, 0.15) is 51.2 Å². The van der Waals surface area contributed by atoms with E-state index < -0.39 is 0 Å². The van der Waals surface area contributed by atoms with E-state index in [1.165, 1.54) is 5.56 Å². The fourth-order valence-electron chi connectivity index (χ4n) is 2.80. The lowest BCUT2D eigenvalue weighted by Crippen LogP contribution is -2.23. The Morgan fingerprint density at radius 2 is 1.80 bits per heavy atom. The Kier molecular flexibility index (Phi) is 8.42. The first-order valence-corrected chi connectivity index (χ1v) is 10.0. The van der Waals surface area contributed by atoms with E-state index in [9.17, 15) is 9.59 Å². The largest absolute Gasteiger partial charge is 0.494 e. The molecule has 0 heterocycles. The quantitative estimate of drug-likeness (QED) is 0.606. The monoisotopic (exact) mass is 407 g/mol. The first-order valence-electron chi connectivity index (χ1n) is 10.0. The Morgan fingerprint density at radius 1 is 1.07 bits per heavy atom. The average Bonchev–Trinajstić information content (AvgIpc) is 2.70. The van der Waals surface area contributed by atoms with Crippen molar-refractivity contribution >= 4 is 17.5 Å². The number of ether oxygens (including phenoxy) is 1. The molecule has 0 bridgehead atoms. The van der Waals surface area contributed by atoms with Gasteiger partial charge in [-0.25, -0.2) is 0 Å². The summed E-state index contributed by atoms with van der Waals surface area (Å²) in [4.78, 5) is 23.5. The molecule has 6 heteroatoms. The molecule has 0 radical (unpaired) electrons. The Bertz CT molecular complexity index is 893. The van der Waals surface area contributed by atoms with E-state index in [2.05, 4.69) is 43.5 Å². The van der Waals surface area contributed by atoms with Gasteiger partial charge in [0.25, 0.3) is 0 Å². The van der Waals surface area contributed by atoms with Crippen LogP contribution in [0.2, 0.25) is 0 Å². The summed E-state index contributed by atoms with van der Waals surface area (Å²) in [5.41, 5.74) is 2.84. The predicted octanol–water partition coefficient (Wildman–Crippen LogP) is 4.31. The van der Waals surface area contributed by atoms with Crippen LogP contribution in [0.15, 0.2) is 48.5 Å². The van der Waals surface area contributed by atoms with Gasteiger partial charge in [0.2, 0.25) is 11.8 Å². The van der Waals surface area contributed by atoms with Gasteiger partial charge in [-0.1, -0.05) is 45.0 Å². The molecule has 0 saturated heterocycles. The zero-order valence-corrected chi connectivity index (χ0v) is 17.8. The highest BCUT2D eigenvalue weighted by atomic mass is 16.5. The maximum absolute atomic E-state index is 12.1. The molecule has 2 amide bonds. The van der Waals surface area contributed by atoms with Crippen molar-refractivity contribution in [2.75, 3.05) is 11.9 Å². The first-order chi connectivity index (χ1) is 14.3. The van der Waals surface area contributed by atoms with Crippen LogP contribution in [0.25, 0.3) is 0 Å². The van der Waals surface area contributed by atoms with Gasteiger partial charge in [0.15, 0.2) is 0 Å². The predicted molar refractivity (Wildman–Crippen MR) is 117 cm³/mol. The fourth-order valence-corrected chi connectivity index (χ4v) is 2.80. The number of benzene rings is 2. The highest BCUT2D eigenvalue weighted by Crippen LogP contribution is 2.24. The van der Waals surface area contributed by atoms with Crippen molar-refractivity contribution in [1.29, 1.82) is 5.26 Å². The van der Waals surface area contributed by atoms with Gasteiger partial charge in [0, 0.05) is 18.7 Å². The molecule has 2 N–H and O–H groups in total. The molecule has 30 heavy (non-hydrogen) atoms. The molecular formula is C24H29N3O3. The van der Waals surface area contributed by atoms with E-state index in [0.29, 0.717) is 31.7 Å². The molecule has 0 saturated carbocycles. The van der Waals surface area contributed by atoms with Crippen LogP contribution in [0.4, 0.5) is 5.69 Å². The number of amides is 2. The van der Waals surface area contributed by atoms with Crippen molar-refractivity contribution in [3.05, 3.63) is 59.7 Å². The van der Waals surface area contributed by atoms with Crippen LogP contribution in [-0.4, -0.2) is 18.4 Å². The van der Waals surface area contributed by atoms with E-state index >= 15 is 0 Å². The maximum atomic E-state index is 12.1. The summed E-state index contributed by atoms with van der Waals surface area (Å²) in [5.74, 6) is 0.394. The van der Waals surface area contributed by atoms with Crippen LogP contribution >= 0.6 is 0 Å². The summed E-state index contributed by atoms with van der Waals surface area (Å²) in [6, 6.07) is 17.0. The fraction of sp³-hybridized carbons (Fsp3) is 0.375. The number of nitriles is 1. The van der Waals surface area contributed by atoms with Gasteiger partial charge in [-0.3, -0.25) is 9.59 Å². The Labute approximate surface area is 178 Å². The van der Waals surface area contributed by atoms with Crippen molar-refractivity contribution in [1.82, 2.24) is 5.32 Å². The van der Waals surface area contributed by atoms with Crippen LogP contribution in [0.3, 0.4) is 0 Å². The number of hydrogen-bond donors (Lipinski definition) is 2. The summed E-state index contributed by atoms with van der Waals surface area (Å²) in [6.07, 6.45) is 0.805. The Balaban J connectivity index is 1.69. The molecule has 6 nitrogen and oxygen atoms in total. The maximum Gasteiger partial charge on any atom is 0.238 e. The van der Waals surface area contributed by atoms with Crippen LogP contribution < -0.4 is 15.4 Å². The van der Waals surface area contributed by atoms with Crippen LogP contribution in [0.5, 0.6) is 5.75 Å². The highest BCUT2D eigenvalue weighted by molar-refractivity contribution is 5.92. The van der Waals surface area contributed by atoms with Gasteiger partial charge in [-0.2, -0.15) is 5.26 Å². The molecule has 158 valence electrons. The molecule has 0 aliphatic carbocycles. The first kappa shape index (κ1) is 23.0. The second-order valence-corrected chi connectivity index (χ2v) is 8.09. The molecule has 0 atom stereocenters. The lowest BCUT2D eigenvalue weighted by Gasteiger charge is -2.19. The molecule has 2 aromatic carbocycles. The smallest absolute Gasteiger partial charge is 0.238 e. The lowest BCUT2D eigenvalue weighted by atomic mass is 9.87. The SMILES string of the molecule is CC(C)(C)c1ccc(OCCCC(=O)NCc2cccc(NC(=O)CC#N)c2)cc1. The van der Waals surface area contributed by atoms with Crippen molar-refractivity contribution in [3.8, 4) is 11.8 Å². The van der Waals surface area contributed by atoms with Gasteiger partial charge in [0.05, 0.1) is 12.7 Å². The molecule has 0 unspecified atom stereocenters. The summed E-state index contributed by atoms with van der Waals surface area (Å²) in [5, 5.41) is 14.1. The minimum atomic E-state index is -0.355. The van der Waals surface area contributed by atoms with Crippen LogP contribution in [-0.2, 0) is 21.5 Å². The van der Waals surface area contributed by atoms with Gasteiger partial charge in [-0.15, -0.1) is 0 Å². The summed E-state index contributed by atoms with van der Waals surface area (Å²) in [7, 11) is 0. The topological polar surface area (TPSA) is 91.2 Å². The van der Waals surface area contributed by atoms with E-state index in [1.54, 1.807) is 24.3 Å². The Morgan fingerprint density at radius 3 is 2.47 bits per heavy atom. The molecule has 2 aromatic rings. The van der Waals surface area contributed by atoms with Gasteiger partial charge in [0.1, 0.15) is 12.2 Å². The molecule has 0 fully saturated rings. The number of nitrogens with one attached hydrogen (secondary N) is 2. The minimum Gasteiger partial charge on any atom is -0.494 e. The molecule has 0 aliphatic rings. The minimum absolute atomic E-state index is 0.0550. The number of carbonyl (C=O) groups is 2. The van der Waals surface area contributed by atoms with Gasteiger partial charge >= 0.3 is 0 Å². The molecular weight excluding hydrogens is 378 g/mol. The standard InChI is InChI=1S/C24H29N3O3/c1-24(2,3)19-9-11-21(12-10-19)30-15-5-8-22(28)26-17-18-6-4-7-20(16-18)27-23(29)13-14-25/h4,6-7,9-12,16H,5,8,13,15,17H2,1-3H3,(H,26,28)(H,27,29). The number of anilines is 1. The van der Waals surface area contributed by atoms with E-state index in [-0.39, 0.29) is 23.7 Å². The number of rotatable bonds is 9. The van der Waals surface area contributed by atoms with E-state index in [4.69, 9.17) is 10.00 Å². The number of carbonyl (C=O) groups excluding carboxylic acids is 2. The second-order valence-electron chi connectivity index (χ2n) is 8.09. The van der Waals surface area contributed by atoms with E-state index in [0.717, 1.165) is 11.3 Å². The number of nitrogens with zero attached hydrogens (tertiary/aromatic N) is 1. The second kappa shape index (κ2) is 11.0. The van der Waals surface area contributed by atoms with Crippen molar-refractivity contribution in [2.45, 2.75) is 52.0 Å². The van der Waals surface area contributed by atoms with Crippen molar-refractivity contribution in [2.24, 2.45) is 0 Å². The van der Waals surface area contributed by atoms with Gasteiger partial charge < -0.3 is 15.4 Å². The van der Waals surface area contributed by atoms with Crippen molar-refractivity contribution in [3.63, 3.8) is 0 Å². The third kappa shape index (κ3) is 7.96. The van der Waals surface area contributed by atoms with E-state index in [1.807, 2.05) is 18.2 Å². The third-order valence-corrected chi connectivity index (χ3v) is 4.48. The Hall–Kier alpha value is -3.33.